The molecule has 0 aromatic heterocycles. The topological polar surface area (TPSA) is 45.6 Å². The second-order valence-corrected chi connectivity index (χ2v) is 5.33. The summed E-state index contributed by atoms with van der Waals surface area (Å²) in [5.41, 5.74) is 6.97. The molecule has 0 heterocycles. The van der Waals surface area contributed by atoms with Gasteiger partial charge in [-0.25, -0.2) is 0 Å². The van der Waals surface area contributed by atoms with E-state index in [1.54, 1.807) is 13.3 Å². The van der Waals surface area contributed by atoms with Gasteiger partial charge in [0.25, 0.3) is 0 Å². The van der Waals surface area contributed by atoms with Gasteiger partial charge < -0.3 is 10.1 Å². The highest BCUT2D eigenvalue weighted by molar-refractivity contribution is 7.80. The van der Waals surface area contributed by atoms with Crippen LogP contribution in [0.25, 0.3) is 0 Å². The first-order valence-electron chi connectivity index (χ1n) is 6.90. The molecule has 0 atom stereocenters. The Bertz CT molecular complexity index is 681. The van der Waals surface area contributed by atoms with Gasteiger partial charge in [-0.3, -0.25) is 5.43 Å². The lowest BCUT2D eigenvalue weighted by Gasteiger charge is -2.07. The van der Waals surface area contributed by atoms with Crippen molar-refractivity contribution in [1.82, 2.24) is 5.43 Å². The quantitative estimate of drug-likeness (QED) is 0.514. The van der Waals surface area contributed by atoms with Gasteiger partial charge in [-0.1, -0.05) is 17.7 Å². The fourth-order valence-electron chi connectivity index (χ4n) is 1.94. The summed E-state index contributed by atoms with van der Waals surface area (Å²) >= 11 is 5.19. The third-order valence-corrected chi connectivity index (χ3v) is 3.30. The van der Waals surface area contributed by atoms with E-state index in [0.717, 1.165) is 22.6 Å². The summed E-state index contributed by atoms with van der Waals surface area (Å²) in [6.07, 6.45) is 1.72. The van der Waals surface area contributed by atoms with Crippen LogP contribution in [0.3, 0.4) is 0 Å². The molecule has 0 spiro atoms. The van der Waals surface area contributed by atoms with Gasteiger partial charge in [-0.05, 0) is 67.5 Å². The lowest BCUT2D eigenvalue weighted by molar-refractivity contribution is 0.411. The summed E-state index contributed by atoms with van der Waals surface area (Å²) in [4.78, 5) is 0. The van der Waals surface area contributed by atoms with E-state index in [0.29, 0.717) is 5.11 Å². The molecule has 0 radical (unpaired) electrons. The Balaban J connectivity index is 1.90. The Hall–Kier alpha value is -2.40. The first-order valence-corrected chi connectivity index (χ1v) is 7.30. The Kier molecular flexibility index (Phi) is 5.49. The number of methoxy groups -OCH3 is 1. The number of hydrogen-bond donors (Lipinski definition) is 2. The van der Waals surface area contributed by atoms with Gasteiger partial charge in [0, 0.05) is 5.69 Å². The van der Waals surface area contributed by atoms with E-state index in [1.807, 2.05) is 56.3 Å². The largest absolute Gasteiger partial charge is 0.496 e. The SMILES string of the molecule is COc1ccc(C=NNC(=S)Nc2ccc(C)cc2)cc1C. The van der Waals surface area contributed by atoms with Crippen LogP contribution >= 0.6 is 12.2 Å². The Morgan fingerprint density at radius 3 is 2.50 bits per heavy atom. The lowest BCUT2D eigenvalue weighted by Crippen LogP contribution is -2.23. The molecular formula is C17H19N3OS. The predicted octanol–water partition coefficient (Wildman–Crippen LogP) is 3.63. The minimum Gasteiger partial charge on any atom is -0.496 e. The number of aryl methyl sites for hydroxylation is 2. The van der Waals surface area contributed by atoms with Crippen molar-refractivity contribution in [3.05, 3.63) is 59.2 Å². The summed E-state index contributed by atoms with van der Waals surface area (Å²) in [6.45, 7) is 4.04. The number of hydrazone groups is 1. The Labute approximate surface area is 136 Å². The minimum atomic E-state index is 0.449. The summed E-state index contributed by atoms with van der Waals surface area (Å²) < 4.78 is 5.23. The van der Waals surface area contributed by atoms with E-state index >= 15 is 0 Å². The highest BCUT2D eigenvalue weighted by Crippen LogP contribution is 2.17. The van der Waals surface area contributed by atoms with Crippen LogP contribution in [0.5, 0.6) is 5.75 Å². The summed E-state index contributed by atoms with van der Waals surface area (Å²) in [6, 6.07) is 13.8. The molecule has 0 bridgehead atoms. The molecule has 5 heteroatoms. The number of rotatable bonds is 4. The van der Waals surface area contributed by atoms with Gasteiger partial charge in [-0.2, -0.15) is 5.10 Å². The number of hydrogen-bond acceptors (Lipinski definition) is 3. The van der Waals surface area contributed by atoms with Crippen LogP contribution < -0.4 is 15.5 Å². The Morgan fingerprint density at radius 1 is 1.14 bits per heavy atom. The molecule has 0 saturated carbocycles. The van der Waals surface area contributed by atoms with Crippen LogP contribution in [0.15, 0.2) is 47.6 Å². The van der Waals surface area contributed by atoms with Crippen LogP contribution in [-0.4, -0.2) is 18.4 Å². The maximum atomic E-state index is 5.23. The van der Waals surface area contributed by atoms with Crippen molar-refractivity contribution in [2.24, 2.45) is 5.10 Å². The third kappa shape index (κ3) is 4.56. The van der Waals surface area contributed by atoms with Gasteiger partial charge >= 0.3 is 0 Å². The summed E-state index contributed by atoms with van der Waals surface area (Å²) in [5, 5.41) is 7.65. The predicted molar refractivity (Wildman–Crippen MR) is 95.9 cm³/mol. The normalized spacial score (nSPS) is 10.5. The van der Waals surface area contributed by atoms with Crippen molar-refractivity contribution in [3.63, 3.8) is 0 Å². The highest BCUT2D eigenvalue weighted by Gasteiger charge is 1.98. The fourth-order valence-corrected chi connectivity index (χ4v) is 2.11. The number of benzene rings is 2. The number of anilines is 1. The molecular weight excluding hydrogens is 294 g/mol. The zero-order chi connectivity index (χ0) is 15.9. The second kappa shape index (κ2) is 7.56. The molecule has 0 unspecified atom stereocenters. The second-order valence-electron chi connectivity index (χ2n) is 4.92. The molecule has 2 aromatic carbocycles. The average Bonchev–Trinajstić information content (AvgIpc) is 2.50. The first-order chi connectivity index (χ1) is 10.6. The van der Waals surface area contributed by atoms with Crippen LogP contribution in [0, 0.1) is 13.8 Å². The number of ether oxygens (including phenoxy) is 1. The molecule has 2 rings (SSSR count). The molecule has 0 fully saturated rings. The Morgan fingerprint density at radius 2 is 1.86 bits per heavy atom. The monoisotopic (exact) mass is 313 g/mol. The van der Waals surface area contributed by atoms with Crippen molar-refractivity contribution in [3.8, 4) is 5.75 Å². The third-order valence-electron chi connectivity index (χ3n) is 3.11. The fraction of sp³-hybridized carbons (Fsp3) is 0.176. The lowest BCUT2D eigenvalue weighted by atomic mass is 10.1. The zero-order valence-electron chi connectivity index (χ0n) is 12.9. The van der Waals surface area contributed by atoms with Crippen LogP contribution in [0.4, 0.5) is 5.69 Å². The van der Waals surface area contributed by atoms with E-state index in [-0.39, 0.29) is 0 Å². The molecule has 0 aliphatic rings. The van der Waals surface area contributed by atoms with Crippen molar-refractivity contribution < 1.29 is 4.74 Å². The van der Waals surface area contributed by atoms with Gasteiger partial charge in [0.05, 0.1) is 13.3 Å². The van der Waals surface area contributed by atoms with Crippen LogP contribution in [0.1, 0.15) is 16.7 Å². The summed E-state index contributed by atoms with van der Waals surface area (Å²) in [5.74, 6) is 0.863. The maximum absolute atomic E-state index is 5.23. The molecule has 0 aliphatic heterocycles. The van der Waals surface area contributed by atoms with E-state index in [1.165, 1.54) is 5.56 Å². The van der Waals surface area contributed by atoms with Gasteiger partial charge in [-0.15, -0.1) is 0 Å². The molecule has 114 valence electrons. The van der Waals surface area contributed by atoms with E-state index < -0.39 is 0 Å². The maximum Gasteiger partial charge on any atom is 0.191 e. The molecule has 0 aliphatic carbocycles. The van der Waals surface area contributed by atoms with E-state index in [9.17, 15) is 0 Å². The summed E-state index contributed by atoms with van der Waals surface area (Å²) in [7, 11) is 1.66. The van der Waals surface area contributed by atoms with Gasteiger partial charge in [0.1, 0.15) is 5.75 Å². The van der Waals surface area contributed by atoms with Crippen LogP contribution in [-0.2, 0) is 0 Å². The van der Waals surface area contributed by atoms with Gasteiger partial charge in [0.15, 0.2) is 5.11 Å². The first kappa shape index (κ1) is 16.0. The van der Waals surface area contributed by atoms with Crippen LogP contribution in [0.2, 0.25) is 0 Å². The van der Waals surface area contributed by atoms with Crippen molar-refractivity contribution in [2.75, 3.05) is 12.4 Å². The smallest absolute Gasteiger partial charge is 0.191 e. The van der Waals surface area contributed by atoms with Gasteiger partial charge in [0.2, 0.25) is 0 Å². The molecule has 4 nitrogen and oxygen atoms in total. The number of nitrogens with zero attached hydrogens (tertiary/aromatic N) is 1. The van der Waals surface area contributed by atoms with Crippen molar-refractivity contribution in [1.29, 1.82) is 0 Å². The number of thiocarbonyl (C=S) groups is 1. The standard InChI is InChI=1S/C17H19N3OS/c1-12-4-7-15(8-5-12)19-17(22)20-18-11-14-6-9-16(21-3)13(2)10-14/h4-11H,1-3H3,(H2,19,20,22). The molecule has 22 heavy (non-hydrogen) atoms. The molecule has 0 amide bonds. The van der Waals surface area contributed by atoms with Crippen molar-refractivity contribution in [2.45, 2.75) is 13.8 Å². The molecule has 0 saturated heterocycles. The van der Waals surface area contributed by atoms with E-state index in [4.69, 9.17) is 17.0 Å². The van der Waals surface area contributed by atoms with E-state index in [2.05, 4.69) is 15.8 Å². The zero-order valence-corrected chi connectivity index (χ0v) is 13.7. The minimum absolute atomic E-state index is 0.449. The molecule has 2 N–H and O–H groups in total. The average molecular weight is 313 g/mol. The number of nitrogens with one attached hydrogen (secondary N) is 2. The van der Waals surface area contributed by atoms with Crippen molar-refractivity contribution >= 4 is 29.2 Å². The highest BCUT2D eigenvalue weighted by atomic mass is 32.1. The molecule has 2 aromatic rings.